The van der Waals surface area contributed by atoms with Crippen LogP contribution in [-0.2, 0) is 0 Å². The van der Waals surface area contributed by atoms with Crippen LogP contribution in [0.4, 0.5) is 26.3 Å². The summed E-state index contributed by atoms with van der Waals surface area (Å²) in [5, 5.41) is 3.92. The van der Waals surface area contributed by atoms with Crippen LogP contribution < -0.4 is 5.32 Å². The molecule has 0 radical (unpaired) electrons. The topological polar surface area (TPSA) is 12.0 Å². The second-order valence-electron chi connectivity index (χ2n) is 4.51. The SMILES string of the molecule is CNC(c1csc2ccccc12)C(C(F)(F)F)C(F)(F)F. The smallest absolute Gasteiger partial charge is 0.312 e. The highest BCUT2D eigenvalue weighted by atomic mass is 32.1. The molecule has 0 spiro atoms. The van der Waals surface area contributed by atoms with Crippen molar-refractivity contribution in [2.75, 3.05) is 7.05 Å². The molecule has 0 saturated carbocycles. The number of nitrogens with one attached hydrogen (secondary N) is 1. The van der Waals surface area contributed by atoms with Gasteiger partial charge in [-0.15, -0.1) is 11.3 Å². The predicted octanol–water partition coefficient (Wildman–Crippen LogP) is 4.90. The van der Waals surface area contributed by atoms with Gasteiger partial charge in [-0.05, 0) is 29.4 Å². The minimum absolute atomic E-state index is 0.0118. The third-order valence-electron chi connectivity index (χ3n) is 3.20. The quantitative estimate of drug-likeness (QED) is 0.791. The molecule has 0 amide bonds. The molecule has 1 aromatic carbocycles. The van der Waals surface area contributed by atoms with E-state index in [-0.39, 0.29) is 5.56 Å². The van der Waals surface area contributed by atoms with Gasteiger partial charge >= 0.3 is 12.4 Å². The van der Waals surface area contributed by atoms with Gasteiger partial charge in [-0.1, -0.05) is 18.2 Å². The molecular formula is C13H11F6NS. The average molecular weight is 327 g/mol. The molecule has 0 aliphatic heterocycles. The number of halogens is 6. The van der Waals surface area contributed by atoms with E-state index in [0.29, 0.717) is 10.1 Å². The lowest BCUT2D eigenvalue weighted by Crippen LogP contribution is -2.44. The Labute approximate surface area is 120 Å². The molecule has 1 atom stereocenters. The minimum atomic E-state index is -5.38. The summed E-state index contributed by atoms with van der Waals surface area (Å²) >= 11 is 1.12. The number of hydrogen-bond acceptors (Lipinski definition) is 2. The maximum Gasteiger partial charge on any atom is 0.402 e. The molecule has 21 heavy (non-hydrogen) atoms. The molecule has 1 nitrogen and oxygen atoms in total. The lowest BCUT2D eigenvalue weighted by atomic mass is 9.91. The van der Waals surface area contributed by atoms with Crippen LogP contribution in [0.2, 0.25) is 0 Å². The Morgan fingerprint density at radius 3 is 2.10 bits per heavy atom. The van der Waals surface area contributed by atoms with Gasteiger partial charge in [0.25, 0.3) is 0 Å². The molecule has 1 unspecified atom stereocenters. The normalized spacial score (nSPS) is 14.9. The zero-order valence-corrected chi connectivity index (χ0v) is 11.5. The summed E-state index contributed by atoms with van der Waals surface area (Å²) in [5.41, 5.74) is 0.0118. The van der Waals surface area contributed by atoms with Crippen molar-refractivity contribution in [1.29, 1.82) is 0 Å². The minimum Gasteiger partial charge on any atom is -0.312 e. The van der Waals surface area contributed by atoms with Crippen LogP contribution in [0.1, 0.15) is 11.6 Å². The van der Waals surface area contributed by atoms with E-state index >= 15 is 0 Å². The van der Waals surface area contributed by atoms with Crippen molar-refractivity contribution in [3.05, 3.63) is 35.2 Å². The molecule has 0 fully saturated rings. The Hall–Kier alpha value is -1.28. The third-order valence-corrected chi connectivity index (χ3v) is 4.18. The first-order valence-corrected chi connectivity index (χ1v) is 6.81. The van der Waals surface area contributed by atoms with Gasteiger partial charge in [0.1, 0.15) is 0 Å². The Morgan fingerprint density at radius 1 is 1.00 bits per heavy atom. The van der Waals surface area contributed by atoms with Crippen LogP contribution in [0.25, 0.3) is 10.1 Å². The van der Waals surface area contributed by atoms with Crippen molar-refractivity contribution in [1.82, 2.24) is 5.32 Å². The largest absolute Gasteiger partial charge is 0.402 e. The highest BCUT2D eigenvalue weighted by Crippen LogP contribution is 2.48. The van der Waals surface area contributed by atoms with Crippen LogP contribution in [0, 0.1) is 5.92 Å². The van der Waals surface area contributed by atoms with Gasteiger partial charge in [-0.3, -0.25) is 0 Å². The maximum atomic E-state index is 12.9. The molecular weight excluding hydrogens is 316 g/mol. The van der Waals surface area contributed by atoms with Gasteiger partial charge in [0.2, 0.25) is 0 Å². The van der Waals surface area contributed by atoms with Crippen LogP contribution in [-0.4, -0.2) is 19.4 Å². The van der Waals surface area contributed by atoms with Gasteiger partial charge in [-0.25, -0.2) is 0 Å². The van der Waals surface area contributed by atoms with Crippen LogP contribution in [0.5, 0.6) is 0 Å². The Balaban J connectivity index is 2.56. The fourth-order valence-electron chi connectivity index (χ4n) is 2.30. The first-order chi connectivity index (χ1) is 9.66. The van der Waals surface area contributed by atoms with Crippen molar-refractivity contribution < 1.29 is 26.3 Å². The van der Waals surface area contributed by atoms with E-state index in [4.69, 9.17) is 0 Å². The molecule has 1 heterocycles. The molecule has 8 heteroatoms. The first kappa shape index (κ1) is 16.1. The van der Waals surface area contributed by atoms with E-state index in [1.54, 1.807) is 18.2 Å². The fourth-order valence-corrected chi connectivity index (χ4v) is 3.30. The zero-order valence-electron chi connectivity index (χ0n) is 10.7. The molecule has 0 aliphatic carbocycles. The maximum absolute atomic E-state index is 12.9. The fraction of sp³-hybridized carbons (Fsp3) is 0.385. The van der Waals surface area contributed by atoms with E-state index in [9.17, 15) is 26.3 Å². The third kappa shape index (κ3) is 3.16. The molecule has 116 valence electrons. The summed E-state index contributed by atoms with van der Waals surface area (Å²) in [5.74, 6) is -3.45. The summed E-state index contributed by atoms with van der Waals surface area (Å²) in [6.07, 6.45) is -10.8. The van der Waals surface area contributed by atoms with Gasteiger partial charge in [0, 0.05) is 4.70 Å². The predicted molar refractivity (Wildman–Crippen MR) is 69.2 cm³/mol. The Morgan fingerprint density at radius 2 is 1.57 bits per heavy atom. The van der Waals surface area contributed by atoms with Crippen LogP contribution >= 0.6 is 11.3 Å². The molecule has 2 rings (SSSR count). The van der Waals surface area contributed by atoms with Crippen molar-refractivity contribution in [2.24, 2.45) is 5.92 Å². The number of rotatable bonds is 3. The molecule has 2 aromatic rings. The second kappa shape index (κ2) is 5.49. The summed E-state index contributed by atoms with van der Waals surface area (Å²) in [4.78, 5) is 0. The molecule has 1 aromatic heterocycles. The zero-order chi connectivity index (χ0) is 15.8. The van der Waals surface area contributed by atoms with E-state index in [2.05, 4.69) is 5.32 Å². The molecule has 1 N–H and O–H groups in total. The average Bonchev–Trinajstić information content (AvgIpc) is 2.76. The summed E-state index contributed by atoms with van der Waals surface area (Å²) in [6.45, 7) is 0. The molecule has 0 bridgehead atoms. The summed E-state index contributed by atoms with van der Waals surface area (Å²) < 4.78 is 78.0. The number of benzene rings is 1. The lowest BCUT2D eigenvalue weighted by Gasteiger charge is -2.30. The van der Waals surface area contributed by atoms with Crippen LogP contribution in [0.15, 0.2) is 29.6 Å². The first-order valence-electron chi connectivity index (χ1n) is 5.93. The summed E-state index contributed by atoms with van der Waals surface area (Å²) in [6, 6.07) is 4.58. The molecule has 0 aliphatic rings. The van der Waals surface area contributed by atoms with E-state index in [1.165, 1.54) is 11.4 Å². The van der Waals surface area contributed by atoms with Gasteiger partial charge < -0.3 is 5.32 Å². The standard InChI is InChI=1S/C13H11F6NS/c1-20-10(11(12(14,15)16)13(17,18)19)8-6-21-9-5-3-2-4-7(8)9/h2-6,10-11,20H,1H3. The summed E-state index contributed by atoms with van der Waals surface area (Å²) in [7, 11) is 1.10. The highest BCUT2D eigenvalue weighted by molar-refractivity contribution is 7.17. The molecule has 0 saturated heterocycles. The van der Waals surface area contributed by atoms with E-state index in [1.807, 2.05) is 0 Å². The Bertz CT molecular complexity index is 601. The number of hydrogen-bond donors (Lipinski definition) is 1. The number of thiophene rings is 1. The van der Waals surface area contributed by atoms with Gasteiger partial charge in [0.05, 0.1) is 6.04 Å². The van der Waals surface area contributed by atoms with Crippen molar-refractivity contribution >= 4 is 21.4 Å². The van der Waals surface area contributed by atoms with Crippen molar-refractivity contribution in [3.8, 4) is 0 Å². The van der Waals surface area contributed by atoms with E-state index < -0.39 is 24.3 Å². The monoisotopic (exact) mass is 327 g/mol. The second-order valence-corrected chi connectivity index (χ2v) is 5.43. The van der Waals surface area contributed by atoms with Gasteiger partial charge in [-0.2, -0.15) is 26.3 Å². The van der Waals surface area contributed by atoms with Gasteiger partial charge in [0.15, 0.2) is 5.92 Å². The van der Waals surface area contributed by atoms with Crippen LogP contribution in [0.3, 0.4) is 0 Å². The number of fused-ring (bicyclic) bond motifs is 1. The van der Waals surface area contributed by atoms with Crippen molar-refractivity contribution in [2.45, 2.75) is 18.4 Å². The van der Waals surface area contributed by atoms with E-state index in [0.717, 1.165) is 18.4 Å². The lowest BCUT2D eigenvalue weighted by molar-refractivity contribution is -0.292. The highest BCUT2D eigenvalue weighted by Gasteiger charge is 2.60. The van der Waals surface area contributed by atoms with Crippen molar-refractivity contribution in [3.63, 3.8) is 0 Å². The number of alkyl halides is 6. The Kier molecular flexibility index (Phi) is 4.21.